The van der Waals surface area contributed by atoms with Crippen LogP contribution in [-0.2, 0) is 4.79 Å². The molecule has 3 N–H and O–H groups in total. The average molecular weight is 265 g/mol. The predicted octanol–water partition coefficient (Wildman–Crippen LogP) is 1.50. The topological polar surface area (TPSA) is 58.4 Å². The highest BCUT2D eigenvalue weighted by Gasteiger charge is 2.18. The summed E-state index contributed by atoms with van der Waals surface area (Å²) in [5.41, 5.74) is 6.93. The molecular formula is C14H20FN3O. The molecule has 1 aliphatic heterocycles. The van der Waals surface area contributed by atoms with Crippen molar-refractivity contribution in [2.45, 2.75) is 25.8 Å². The smallest absolute Gasteiger partial charge is 0.238 e. The molecule has 0 saturated carbocycles. The maximum Gasteiger partial charge on any atom is 0.238 e. The van der Waals surface area contributed by atoms with Crippen LogP contribution < -0.4 is 11.1 Å². The molecule has 2 rings (SSSR count). The molecule has 104 valence electrons. The number of carbonyl (C=O) groups is 1. The number of carbonyl (C=O) groups excluding carboxylic acids is 1. The van der Waals surface area contributed by atoms with Gasteiger partial charge in [0.25, 0.3) is 0 Å². The Morgan fingerprint density at radius 2 is 2.37 bits per heavy atom. The molecule has 1 aromatic rings. The van der Waals surface area contributed by atoms with E-state index < -0.39 is 0 Å². The van der Waals surface area contributed by atoms with Crippen LogP contribution in [0.25, 0.3) is 0 Å². The van der Waals surface area contributed by atoms with Crippen molar-refractivity contribution in [1.29, 1.82) is 0 Å². The summed E-state index contributed by atoms with van der Waals surface area (Å²) in [6.07, 6.45) is 2.04. The number of piperidine rings is 1. The second-order valence-corrected chi connectivity index (χ2v) is 5.15. The Labute approximate surface area is 112 Å². The Hall–Kier alpha value is -1.46. The molecule has 1 aliphatic rings. The zero-order valence-corrected chi connectivity index (χ0v) is 11.2. The van der Waals surface area contributed by atoms with E-state index in [2.05, 4.69) is 5.32 Å². The van der Waals surface area contributed by atoms with E-state index in [1.807, 2.05) is 4.90 Å². The van der Waals surface area contributed by atoms with Crippen molar-refractivity contribution in [3.05, 3.63) is 29.6 Å². The van der Waals surface area contributed by atoms with Gasteiger partial charge in [0.2, 0.25) is 5.91 Å². The molecule has 1 fully saturated rings. The van der Waals surface area contributed by atoms with E-state index in [1.54, 1.807) is 19.1 Å². The largest absolute Gasteiger partial charge is 0.327 e. The van der Waals surface area contributed by atoms with Crippen molar-refractivity contribution in [2.24, 2.45) is 5.73 Å². The number of nitrogens with two attached hydrogens (primary N) is 1. The summed E-state index contributed by atoms with van der Waals surface area (Å²) in [4.78, 5) is 13.9. The van der Waals surface area contributed by atoms with Gasteiger partial charge in [0.05, 0.1) is 6.54 Å². The summed E-state index contributed by atoms with van der Waals surface area (Å²) in [7, 11) is 0. The first kappa shape index (κ1) is 14.0. The maximum atomic E-state index is 13.4. The molecule has 4 nitrogen and oxygen atoms in total. The fourth-order valence-electron chi connectivity index (χ4n) is 2.31. The minimum absolute atomic E-state index is 0.127. The Kier molecular flexibility index (Phi) is 4.50. The normalized spacial score (nSPS) is 20.3. The highest BCUT2D eigenvalue weighted by atomic mass is 19.1. The molecule has 0 aliphatic carbocycles. The van der Waals surface area contributed by atoms with E-state index in [-0.39, 0.29) is 17.8 Å². The number of nitrogens with one attached hydrogen (secondary N) is 1. The molecule has 19 heavy (non-hydrogen) atoms. The summed E-state index contributed by atoms with van der Waals surface area (Å²) >= 11 is 0. The lowest BCUT2D eigenvalue weighted by molar-refractivity contribution is -0.117. The van der Waals surface area contributed by atoms with Crippen LogP contribution in [0, 0.1) is 12.7 Å². The number of anilines is 1. The summed E-state index contributed by atoms with van der Waals surface area (Å²) in [5, 5.41) is 2.71. The molecule has 0 radical (unpaired) electrons. The van der Waals surface area contributed by atoms with Crippen LogP contribution in [0.4, 0.5) is 10.1 Å². The van der Waals surface area contributed by atoms with Crippen LogP contribution in [0.2, 0.25) is 0 Å². The van der Waals surface area contributed by atoms with E-state index in [0.717, 1.165) is 25.9 Å². The van der Waals surface area contributed by atoms with Crippen molar-refractivity contribution in [1.82, 2.24) is 4.90 Å². The SMILES string of the molecule is Cc1ccc(NC(=O)CN2CCCC(N)C2)cc1F. The predicted molar refractivity (Wildman–Crippen MR) is 73.4 cm³/mol. The fourth-order valence-corrected chi connectivity index (χ4v) is 2.31. The molecule has 0 bridgehead atoms. The zero-order chi connectivity index (χ0) is 13.8. The number of aryl methyl sites for hydroxylation is 1. The molecule has 0 aromatic heterocycles. The number of benzene rings is 1. The van der Waals surface area contributed by atoms with Crippen molar-refractivity contribution >= 4 is 11.6 Å². The number of halogens is 1. The first-order valence-corrected chi connectivity index (χ1v) is 6.58. The van der Waals surface area contributed by atoms with Crippen molar-refractivity contribution in [3.63, 3.8) is 0 Å². The monoisotopic (exact) mass is 265 g/mol. The molecule has 1 unspecified atom stereocenters. The highest BCUT2D eigenvalue weighted by Crippen LogP contribution is 2.14. The summed E-state index contributed by atoms with van der Waals surface area (Å²) < 4.78 is 13.4. The summed E-state index contributed by atoms with van der Waals surface area (Å²) in [5.74, 6) is -0.435. The first-order chi connectivity index (χ1) is 9.04. The van der Waals surface area contributed by atoms with Crippen molar-refractivity contribution in [3.8, 4) is 0 Å². The van der Waals surface area contributed by atoms with Gasteiger partial charge < -0.3 is 11.1 Å². The Balaban J connectivity index is 1.88. The van der Waals surface area contributed by atoms with Gasteiger partial charge in [-0.1, -0.05) is 6.07 Å². The third-order valence-corrected chi connectivity index (χ3v) is 3.36. The van der Waals surface area contributed by atoms with E-state index in [1.165, 1.54) is 6.07 Å². The zero-order valence-electron chi connectivity index (χ0n) is 11.2. The van der Waals surface area contributed by atoms with Gasteiger partial charge in [-0.25, -0.2) is 4.39 Å². The van der Waals surface area contributed by atoms with Crippen molar-refractivity contribution < 1.29 is 9.18 Å². The molecule has 1 amide bonds. The summed E-state index contributed by atoms with van der Waals surface area (Å²) in [6.45, 7) is 3.64. The number of rotatable bonds is 3. The number of amides is 1. The summed E-state index contributed by atoms with van der Waals surface area (Å²) in [6, 6.07) is 4.85. The van der Waals surface area contributed by atoms with Crippen LogP contribution in [0.15, 0.2) is 18.2 Å². The number of hydrogen-bond donors (Lipinski definition) is 2. The van der Waals surface area contributed by atoms with Crippen LogP contribution in [0.1, 0.15) is 18.4 Å². The molecule has 5 heteroatoms. The van der Waals surface area contributed by atoms with Crippen LogP contribution in [0.3, 0.4) is 0 Å². The van der Waals surface area contributed by atoms with Crippen LogP contribution >= 0.6 is 0 Å². The molecule has 1 heterocycles. The van der Waals surface area contributed by atoms with E-state index in [4.69, 9.17) is 5.73 Å². The molecule has 1 saturated heterocycles. The third-order valence-electron chi connectivity index (χ3n) is 3.36. The van der Waals surface area contributed by atoms with Gasteiger partial charge in [-0.3, -0.25) is 9.69 Å². The van der Waals surface area contributed by atoms with Crippen LogP contribution in [0.5, 0.6) is 0 Å². The van der Waals surface area contributed by atoms with E-state index >= 15 is 0 Å². The second kappa shape index (κ2) is 6.12. The fraction of sp³-hybridized carbons (Fsp3) is 0.500. The lowest BCUT2D eigenvalue weighted by atomic mass is 10.1. The minimum atomic E-state index is -0.308. The first-order valence-electron chi connectivity index (χ1n) is 6.58. The minimum Gasteiger partial charge on any atom is -0.327 e. The second-order valence-electron chi connectivity index (χ2n) is 5.15. The van der Waals surface area contributed by atoms with Gasteiger partial charge in [0.1, 0.15) is 5.82 Å². The number of nitrogens with zero attached hydrogens (tertiary/aromatic N) is 1. The Morgan fingerprint density at radius 3 is 3.05 bits per heavy atom. The van der Waals surface area contributed by atoms with Crippen molar-refractivity contribution in [2.75, 3.05) is 25.0 Å². The highest BCUT2D eigenvalue weighted by molar-refractivity contribution is 5.92. The molecule has 1 atom stereocenters. The molecule has 1 aromatic carbocycles. The van der Waals surface area contributed by atoms with E-state index in [0.29, 0.717) is 17.8 Å². The lowest BCUT2D eigenvalue weighted by Crippen LogP contribution is -2.45. The van der Waals surface area contributed by atoms with Gasteiger partial charge in [0.15, 0.2) is 0 Å². The van der Waals surface area contributed by atoms with Gasteiger partial charge in [-0.05, 0) is 44.0 Å². The molecule has 0 spiro atoms. The maximum absolute atomic E-state index is 13.4. The molecular weight excluding hydrogens is 245 g/mol. The quantitative estimate of drug-likeness (QED) is 0.870. The Morgan fingerprint density at radius 1 is 1.58 bits per heavy atom. The number of hydrogen-bond acceptors (Lipinski definition) is 3. The standard InChI is InChI=1S/C14H20FN3O/c1-10-4-5-12(7-13(10)15)17-14(19)9-18-6-2-3-11(16)8-18/h4-5,7,11H,2-3,6,8-9,16H2,1H3,(H,17,19). The van der Waals surface area contributed by atoms with Gasteiger partial charge in [-0.2, -0.15) is 0 Å². The van der Waals surface area contributed by atoms with Gasteiger partial charge in [-0.15, -0.1) is 0 Å². The van der Waals surface area contributed by atoms with Crippen LogP contribution in [-0.4, -0.2) is 36.5 Å². The third kappa shape index (κ3) is 4.01. The number of likely N-dealkylation sites (tertiary alicyclic amines) is 1. The Bertz CT molecular complexity index is 464. The van der Waals surface area contributed by atoms with Gasteiger partial charge in [0, 0.05) is 18.3 Å². The van der Waals surface area contributed by atoms with E-state index in [9.17, 15) is 9.18 Å². The van der Waals surface area contributed by atoms with Gasteiger partial charge >= 0.3 is 0 Å². The lowest BCUT2D eigenvalue weighted by Gasteiger charge is -2.29. The average Bonchev–Trinajstić information content (AvgIpc) is 2.34.